The van der Waals surface area contributed by atoms with E-state index >= 15 is 0 Å². The standard InChI is InChI=1S/C18H23FN4O.ClH/c1-20-10-6-14-7-11-22(12-8-14)18(24)17-9-13-23(21-17)16-4-2-15(19)3-5-16;/h2-5,9,13-14,20H,6-8,10-12H2,1H3;1H. The summed E-state index contributed by atoms with van der Waals surface area (Å²) in [7, 11) is 1.97. The van der Waals surface area contributed by atoms with Crippen LogP contribution >= 0.6 is 12.4 Å². The van der Waals surface area contributed by atoms with Crippen molar-refractivity contribution in [3.8, 4) is 5.69 Å². The molecular weight excluding hydrogens is 343 g/mol. The van der Waals surface area contributed by atoms with Crippen LogP contribution in [0.3, 0.4) is 0 Å². The van der Waals surface area contributed by atoms with Gasteiger partial charge in [-0.05, 0) is 69.1 Å². The number of piperidine rings is 1. The molecule has 136 valence electrons. The Balaban J connectivity index is 0.00000225. The Labute approximate surface area is 153 Å². The highest BCUT2D eigenvalue weighted by Gasteiger charge is 2.24. The van der Waals surface area contributed by atoms with E-state index in [1.165, 1.54) is 12.1 Å². The summed E-state index contributed by atoms with van der Waals surface area (Å²) in [4.78, 5) is 14.5. The van der Waals surface area contributed by atoms with Crippen LogP contribution in [-0.4, -0.2) is 47.3 Å². The van der Waals surface area contributed by atoms with Gasteiger partial charge in [-0.3, -0.25) is 4.79 Å². The van der Waals surface area contributed by atoms with Crippen LogP contribution in [0.2, 0.25) is 0 Å². The van der Waals surface area contributed by atoms with Crippen LogP contribution in [0, 0.1) is 11.7 Å². The second-order valence-electron chi connectivity index (χ2n) is 6.25. The number of carbonyl (C=O) groups is 1. The highest BCUT2D eigenvalue weighted by molar-refractivity contribution is 5.92. The van der Waals surface area contributed by atoms with E-state index in [1.807, 2.05) is 11.9 Å². The number of benzene rings is 1. The molecule has 1 aromatic heterocycles. The Morgan fingerprint density at radius 2 is 1.92 bits per heavy atom. The molecule has 0 bridgehead atoms. The molecule has 0 unspecified atom stereocenters. The molecular formula is C18H24ClFN4O. The first kappa shape index (κ1) is 19.4. The monoisotopic (exact) mass is 366 g/mol. The summed E-state index contributed by atoms with van der Waals surface area (Å²) in [5, 5.41) is 7.53. The van der Waals surface area contributed by atoms with Gasteiger partial charge in [-0.25, -0.2) is 9.07 Å². The maximum absolute atomic E-state index is 13.0. The zero-order valence-electron chi connectivity index (χ0n) is 14.3. The van der Waals surface area contributed by atoms with Crippen LogP contribution in [-0.2, 0) is 0 Å². The van der Waals surface area contributed by atoms with E-state index in [0.717, 1.165) is 44.6 Å². The Morgan fingerprint density at radius 1 is 1.24 bits per heavy atom. The van der Waals surface area contributed by atoms with Gasteiger partial charge in [0.15, 0.2) is 5.69 Å². The molecule has 1 amide bonds. The zero-order chi connectivity index (χ0) is 16.9. The van der Waals surface area contributed by atoms with Crippen molar-refractivity contribution in [2.24, 2.45) is 5.92 Å². The van der Waals surface area contributed by atoms with E-state index in [-0.39, 0.29) is 24.1 Å². The summed E-state index contributed by atoms with van der Waals surface area (Å²) in [6, 6.07) is 7.77. The number of aromatic nitrogens is 2. The summed E-state index contributed by atoms with van der Waals surface area (Å²) in [5.74, 6) is 0.379. The van der Waals surface area contributed by atoms with Crippen LogP contribution in [0.1, 0.15) is 29.8 Å². The number of hydrogen-bond acceptors (Lipinski definition) is 3. The predicted octanol–water partition coefficient (Wildman–Crippen LogP) is 2.89. The molecule has 2 aromatic rings. The first-order valence-electron chi connectivity index (χ1n) is 8.43. The van der Waals surface area contributed by atoms with Crippen molar-refractivity contribution in [1.29, 1.82) is 0 Å². The number of halogens is 2. The van der Waals surface area contributed by atoms with Crippen molar-refractivity contribution in [3.63, 3.8) is 0 Å². The first-order chi connectivity index (χ1) is 11.7. The smallest absolute Gasteiger partial charge is 0.274 e. The quantitative estimate of drug-likeness (QED) is 0.885. The molecule has 1 N–H and O–H groups in total. The van der Waals surface area contributed by atoms with Crippen molar-refractivity contribution in [2.75, 3.05) is 26.7 Å². The fourth-order valence-corrected chi connectivity index (χ4v) is 3.11. The average molecular weight is 367 g/mol. The zero-order valence-corrected chi connectivity index (χ0v) is 15.1. The van der Waals surface area contributed by atoms with E-state index < -0.39 is 0 Å². The number of hydrogen-bond donors (Lipinski definition) is 1. The van der Waals surface area contributed by atoms with Crippen molar-refractivity contribution < 1.29 is 9.18 Å². The van der Waals surface area contributed by atoms with Gasteiger partial charge < -0.3 is 10.2 Å². The van der Waals surface area contributed by atoms with Gasteiger partial charge in [0.1, 0.15) is 5.82 Å². The maximum Gasteiger partial charge on any atom is 0.274 e. The lowest BCUT2D eigenvalue weighted by Gasteiger charge is -2.31. The van der Waals surface area contributed by atoms with E-state index in [4.69, 9.17) is 0 Å². The highest BCUT2D eigenvalue weighted by atomic mass is 35.5. The molecule has 7 heteroatoms. The molecule has 1 aliphatic rings. The minimum atomic E-state index is -0.289. The lowest BCUT2D eigenvalue weighted by atomic mass is 9.93. The van der Waals surface area contributed by atoms with Gasteiger partial charge in [-0.15, -0.1) is 12.4 Å². The van der Waals surface area contributed by atoms with Crippen molar-refractivity contribution in [2.45, 2.75) is 19.3 Å². The molecule has 0 saturated carbocycles. The molecule has 2 heterocycles. The Kier molecular flexibility index (Phi) is 6.96. The van der Waals surface area contributed by atoms with Crippen molar-refractivity contribution in [3.05, 3.63) is 48.0 Å². The molecule has 1 aromatic carbocycles. The number of rotatable bonds is 5. The van der Waals surface area contributed by atoms with Gasteiger partial charge in [0.05, 0.1) is 5.69 Å². The Hall–Kier alpha value is -1.92. The minimum absolute atomic E-state index is 0. The number of amides is 1. The third-order valence-electron chi connectivity index (χ3n) is 4.60. The van der Waals surface area contributed by atoms with Gasteiger partial charge in [-0.2, -0.15) is 5.10 Å². The Morgan fingerprint density at radius 3 is 2.56 bits per heavy atom. The number of carbonyl (C=O) groups excluding carboxylic acids is 1. The van der Waals surface area contributed by atoms with E-state index in [1.54, 1.807) is 29.1 Å². The van der Waals surface area contributed by atoms with Crippen molar-refractivity contribution in [1.82, 2.24) is 20.0 Å². The average Bonchev–Trinajstić information content (AvgIpc) is 3.10. The topological polar surface area (TPSA) is 50.2 Å². The van der Waals surface area contributed by atoms with Crippen LogP contribution in [0.25, 0.3) is 5.69 Å². The van der Waals surface area contributed by atoms with Gasteiger partial charge in [0.2, 0.25) is 0 Å². The number of nitrogens with zero attached hydrogens (tertiary/aromatic N) is 3. The molecule has 0 spiro atoms. The second kappa shape index (κ2) is 8.97. The molecule has 1 fully saturated rings. The van der Waals surface area contributed by atoms with Crippen LogP contribution < -0.4 is 5.32 Å². The molecule has 1 aliphatic heterocycles. The molecule has 0 radical (unpaired) electrons. The lowest BCUT2D eigenvalue weighted by Crippen LogP contribution is -2.39. The summed E-state index contributed by atoms with van der Waals surface area (Å²) < 4.78 is 14.6. The van der Waals surface area contributed by atoms with Crippen molar-refractivity contribution >= 4 is 18.3 Å². The Bertz CT molecular complexity index is 681. The summed E-state index contributed by atoms with van der Waals surface area (Å²) in [6.07, 6.45) is 5.00. The molecule has 0 aliphatic carbocycles. The van der Waals surface area contributed by atoms with E-state index in [2.05, 4.69) is 10.4 Å². The molecule has 25 heavy (non-hydrogen) atoms. The summed E-state index contributed by atoms with van der Waals surface area (Å²) >= 11 is 0. The minimum Gasteiger partial charge on any atom is -0.337 e. The summed E-state index contributed by atoms with van der Waals surface area (Å²) in [5.41, 5.74) is 1.18. The normalized spacial score (nSPS) is 15.0. The molecule has 5 nitrogen and oxygen atoms in total. The molecule has 3 rings (SSSR count). The maximum atomic E-state index is 13.0. The third-order valence-corrected chi connectivity index (χ3v) is 4.60. The highest BCUT2D eigenvalue weighted by Crippen LogP contribution is 2.21. The number of nitrogens with one attached hydrogen (secondary N) is 1. The second-order valence-corrected chi connectivity index (χ2v) is 6.25. The van der Waals surface area contributed by atoms with Crippen LogP contribution in [0.4, 0.5) is 4.39 Å². The first-order valence-corrected chi connectivity index (χ1v) is 8.43. The van der Waals surface area contributed by atoms with E-state index in [0.29, 0.717) is 11.6 Å². The fraction of sp³-hybridized carbons (Fsp3) is 0.444. The third kappa shape index (κ3) is 4.80. The molecule has 0 atom stereocenters. The van der Waals surface area contributed by atoms with Gasteiger partial charge in [0, 0.05) is 19.3 Å². The fourth-order valence-electron chi connectivity index (χ4n) is 3.11. The van der Waals surface area contributed by atoms with Crippen LogP contribution in [0.5, 0.6) is 0 Å². The lowest BCUT2D eigenvalue weighted by molar-refractivity contribution is 0.0680. The molecule has 1 saturated heterocycles. The van der Waals surface area contributed by atoms with Gasteiger partial charge in [-0.1, -0.05) is 0 Å². The van der Waals surface area contributed by atoms with Gasteiger partial charge >= 0.3 is 0 Å². The van der Waals surface area contributed by atoms with Crippen LogP contribution in [0.15, 0.2) is 36.5 Å². The van der Waals surface area contributed by atoms with Gasteiger partial charge in [0.25, 0.3) is 5.91 Å². The van der Waals surface area contributed by atoms with E-state index in [9.17, 15) is 9.18 Å². The predicted molar refractivity (Wildman–Crippen MR) is 97.9 cm³/mol. The largest absolute Gasteiger partial charge is 0.337 e. The number of likely N-dealkylation sites (tertiary alicyclic amines) is 1. The summed E-state index contributed by atoms with van der Waals surface area (Å²) in [6.45, 7) is 2.61. The SMILES string of the molecule is CNCCC1CCN(C(=O)c2ccn(-c3ccc(F)cc3)n2)CC1.Cl.